The van der Waals surface area contributed by atoms with Gasteiger partial charge >= 0.3 is 0 Å². The van der Waals surface area contributed by atoms with Crippen LogP contribution in [0, 0.1) is 6.92 Å². The molecule has 3 rings (SSSR count). The van der Waals surface area contributed by atoms with Crippen molar-refractivity contribution in [2.24, 2.45) is 5.10 Å². The molecule has 0 unspecified atom stereocenters. The van der Waals surface area contributed by atoms with E-state index >= 15 is 0 Å². The summed E-state index contributed by atoms with van der Waals surface area (Å²) in [4.78, 5) is 14.6. The molecule has 2 N–H and O–H groups in total. The highest BCUT2D eigenvalue weighted by Gasteiger charge is 2.13. The largest absolute Gasteiger partial charge is 0.357 e. The van der Waals surface area contributed by atoms with Crippen LogP contribution in [-0.4, -0.2) is 26.9 Å². The fraction of sp³-hybridized carbons (Fsp3) is 0.0625. The van der Waals surface area contributed by atoms with Gasteiger partial charge in [0.25, 0.3) is 5.91 Å². The molecule has 116 valence electrons. The van der Waals surface area contributed by atoms with Crippen molar-refractivity contribution in [3.63, 3.8) is 0 Å². The van der Waals surface area contributed by atoms with E-state index in [4.69, 9.17) is 11.6 Å². The van der Waals surface area contributed by atoms with E-state index in [2.05, 4.69) is 20.6 Å². The number of hydrazone groups is 1. The Morgan fingerprint density at radius 2 is 2.09 bits per heavy atom. The molecule has 1 aromatic carbocycles. The molecule has 0 bridgehead atoms. The fourth-order valence-corrected chi connectivity index (χ4v) is 2.41. The van der Waals surface area contributed by atoms with Gasteiger partial charge in [-0.2, -0.15) is 10.2 Å². The molecule has 23 heavy (non-hydrogen) atoms. The lowest BCUT2D eigenvalue weighted by molar-refractivity contribution is 0.0951. The first-order valence-corrected chi connectivity index (χ1v) is 7.32. The van der Waals surface area contributed by atoms with Crippen LogP contribution in [0.15, 0.2) is 53.8 Å². The molecule has 7 heteroatoms. The van der Waals surface area contributed by atoms with Gasteiger partial charge in [0.2, 0.25) is 0 Å². The maximum Gasteiger partial charge on any atom is 0.287 e. The Labute approximate surface area is 137 Å². The lowest BCUT2D eigenvalue weighted by Crippen LogP contribution is -2.17. The van der Waals surface area contributed by atoms with Crippen LogP contribution in [0.3, 0.4) is 0 Å². The van der Waals surface area contributed by atoms with Gasteiger partial charge in [-0.1, -0.05) is 29.8 Å². The number of amides is 1. The second-order valence-electron chi connectivity index (χ2n) is 4.82. The molecule has 0 aliphatic heterocycles. The number of aromatic nitrogens is 3. The zero-order chi connectivity index (χ0) is 16.2. The molecule has 0 spiro atoms. The summed E-state index contributed by atoms with van der Waals surface area (Å²) in [6, 6.07) is 13.0. The number of nitrogens with one attached hydrogen (secondary N) is 2. The van der Waals surface area contributed by atoms with Crippen molar-refractivity contribution in [1.82, 2.24) is 20.2 Å². The Bertz CT molecular complexity index is 837. The molecule has 6 nitrogen and oxygen atoms in total. The van der Waals surface area contributed by atoms with Crippen molar-refractivity contribution >= 4 is 23.7 Å². The Balaban J connectivity index is 1.80. The number of H-pyrrole nitrogens is 1. The summed E-state index contributed by atoms with van der Waals surface area (Å²) in [6.45, 7) is 1.83. The molecular formula is C16H14ClN5O. The number of para-hydroxylation sites is 1. The van der Waals surface area contributed by atoms with E-state index in [0.29, 0.717) is 16.4 Å². The lowest BCUT2D eigenvalue weighted by atomic mass is 10.3. The Kier molecular flexibility index (Phi) is 4.25. The lowest BCUT2D eigenvalue weighted by Gasteiger charge is -2.01. The maximum absolute atomic E-state index is 11.8. The Hall–Kier alpha value is -2.86. The summed E-state index contributed by atoms with van der Waals surface area (Å²) in [7, 11) is 0. The number of nitrogens with zero attached hydrogens (tertiary/aromatic N) is 3. The van der Waals surface area contributed by atoms with Crippen LogP contribution in [-0.2, 0) is 0 Å². The number of halogens is 1. The van der Waals surface area contributed by atoms with Crippen LogP contribution >= 0.6 is 11.6 Å². The Morgan fingerprint density at radius 3 is 2.78 bits per heavy atom. The average Bonchev–Trinajstić information content (AvgIpc) is 3.19. The first-order valence-electron chi connectivity index (χ1n) is 6.94. The number of hydrogen-bond acceptors (Lipinski definition) is 3. The fourth-order valence-electron chi connectivity index (χ4n) is 2.09. The summed E-state index contributed by atoms with van der Waals surface area (Å²) in [5.74, 6) is -0.324. The second kappa shape index (κ2) is 6.50. The van der Waals surface area contributed by atoms with E-state index in [-0.39, 0.29) is 5.91 Å². The van der Waals surface area contributed by atoms with Crippen LogP contribution in [0.25, 0.3) is 5.69 Å². The van der Waals surface area contributed by atoms with Gasteiger partial charge in [-0.3, -0.25) is 4.79 Å². The van der Waals surface area contributed by atoms with E-state index in [1.54, 1.807) is 23.0 Å². The van der Waals surface area contributed by atoms with Crippen LogP contribution < -0.4 is 5.43 Å². The van der Waals surface area contributed by atoms with Crippen LogP contribution in [0.5, 0.6) is 0 Å². The van der Waals surface area contributed by atoms with E-state index in [9.17, 15) is 4.79 Å². The van der Waals surface area contributed by atoms with Gasteiger partial charge in [-0.25, -0.2) is 10.1 Å². The molecule has 0 fully saturated rings. The van der Waals surface area contributed by atoms with Crippen LogP contribution in [0.1, 0.15) is 21.7 Å². The van der Waals surface area contributed by atoms with E-state index in [1.165, 1.54) is 6.21 Å². The number of aryl methyl sites for hydroxylation is 1. The van der Waals surface area contributed by atoms with Gasteiger partial charge in [0.05, 0.1) is 23.2 Å². The van der Waals surface area contributed by atoms with Gasteiger partial charge in [0, 0.05) is 6.20 Å². The monoisotopic (exact) mass is 327 g/mol. The highest BCUT2D eigenvalue weighted by molar-refractivity contribution is 6.32. The number of carbonyl (C=O) groups excluding carboxylic acids is 1. The molecule has 0 aliphatic carbocycles. The minimum Gasteiger partial charge on any atom is -0.357 e. The predicted octanol–water partition coefficient (Wildman–Crippen LogP) is 2.93. The van der Waals surface area contributed by atoms with Gasteiger partial charge in [0.15, 0.2) is 0 Å². The van der Waals surface area contributed by atoms with E-state index < -0.39 is 0 Å². The second-order valence-corrected chi connectivity index (χ2v) is 5.18. The number of carbonyl (C=O) groups is 1. The quantitative estimate of drug-likeness (QED) is 0.571. The van der Waals surface area contributed by atoms with Gasteiger partial charge in [-0.05, 0) is 31.2 Å². The average molecular weight is 328 g/mol. The molecule has 0 aliphatic rings. The molecule has 0 saturated heterocycles. The third-order valence-corrected chi connectivity index (χ3v) is 3.61. The summed E-state index contributed by atoms with van der Waals surface area (Å²) in [5, 5.41) is 8.78. The van der Waals surface area contributed by atoms with Gasteiger partial charge in [0.1, 0.15) is 10.8 Å². The van der Waals surface area contributed by atoms with Crippen molar-refractivity contribution in [2.45, 2.75) is 6.92 Å². The van der Waals surface area contributed by atoms with Crippen molar-refractivity contribution < 1.29 is 4.79 Å². The standard InChI is InChI=1S/C16H14ClN5O/c1-11-13(10-19-20-16(23)14-8-5-9-18-14)15(17)22(21-11)12-6-3-2-4-7-12/h2-10,18H,1H3,(H,20,23)/b19-10-. The topological polar surface area (TPSA) is 75.1 Å². The summed E-state index contributed by atoms with van der Waals surface area (Å²) in [6.07, 6.45) is 3.16. The minimum atomic E-state index is -0.324. The highest BCUT2D eigenvalue weighted by Crippen LogP contribution is 2.21. The minimum absolute atomic E-state index is 0.324. The van der Waals surface area contributed by atoms with Gasteiger partial charge < -0.3 is 4.98 Å². The summed E-state index contributed by atoms with van der Waals surface area (Å²) in [5.41, 5.74) is 5.11. The third-order valence-electron chi connectivity index (χ3n) is 3.25. The Morgan fingerprint density at radius 1 is 1.30 bits per heavy atom. The molecule has 0 radical (unpaired) electrons. The summed E-state index contributed by atoms with van der Waals surface area (Å²) < 4.78 is 1.63. The number of rotatable bonds is 4. The number of hydrogen-bond donors (Lipinski definition) is 2. The van der Waals surface area contributed by atoms with Gasteiger partial charge in [-0.15, -0.1) is 0 Å². The van der Waals surface area contributed by atoms with Crippen LogP contribution in [0.4, 0.5) is 0 Å². The third kappa shape index (κ3) is 3.17. The molecule has 0 saturated carbocycles. The molecular weight excluding hydrogens is 314 g/mol. The zero-order valence-electron chi connectivity index (χ0n) is 12.3. The smallest absolute Gasteiger partial charge is 0.287 e. The molecule has 0 atom stereocenters. The molecule has 2 aromatic heterocycles. The molecule has 3 aromatic rings. The molecule has 1 amide bonds. The SMILES string of the molecule is Cc1nn(-c2ccccc2)c(Cl)c1/C=N\NC(=O)c1ccc[nH]1. The predicted molar refractivity (Wildman–Crippen MR) is 89.2 cm³/mol. The van der Waals surface area contributed by atoms with Crippen molar-refractivity contribution in [3.8, 4) is 5.69 Å². The van der Waals surface area contributed by atoms with Crippen molar-refractivity contribution in [2.75, 3.05) is 0 Å². The normalized spacial score (nSPS) is 11.0. The molecule has 2 heterocycles. The van der Waals surface area contributed by atoms with Crippen LogP contribution in [0.2, 0.25) is 5.15 Å². The summed E-state index contributed by atoms with van der Waals surface area (Å²) >= 11 is 6.37. The number of aromatic amines is 1. The van der Waals surface area contributed by atoms with Crippen molar-refractivity contribution in [3.05, 3.63) is 70.8 Å². The highest BCUT2D eigenvalue weighted by atomic mass is 35.5. The van der Waals surface area contributed by atoms with Crippen molar-refractivity contribution in [1.29, 1.82) is 0 Å². The maximum atomic E-state index is 11.8. The van der Waals surface area contributed by atoms with E-state index in [0.717, 1.165) is 11.4 Å². The number of benzene rings is 1. The first kappa shape index (κ1) is 15.1. The van der Waals surface area contributed by atoms with E-state index in [1.807, 2.05) is 37.3 Å². The first-order chi connectivity index (χ1) is 11.2. The zero-order valence-corrected chi connectivity index (χ0v) is 13.1.